The molecule has 0 aliphatic heterocycles. The molecule has 2 aromatic carbocycles. The molecule has 0 saturated carbocycles. The van der Waals surface area contributed by atoms with E-state index in [0.717, 1.165) is 65.6 Å². The van der Waals surface area contributed by atoms with Crippen LogP contribution < -0.4 is 20.1 Å². The number of aliphatic imine (C=N–C) groups is 1. The molecule has 0 saturated heterocycles. The third-order valence-corrected chi connectivity index (χ3v) is 4.80. The van der Waals surface area contributed by atoms with Gasteiger partial charge in [0.2, 0.25) is 0 Å². The van der Waals surface area contributed by atoms with Crippen LogP contribution in [0, 0.1) is 0 Å². The van der Waals surface area contributed by atoms with E-state index in [0.29, 0.717) is 6.54 Å². The maximum absolute atomic E-state index is 9.38. The van der Waals surface area contributed by atoms with E-state index in [1.807, 2.05) is 31.2 Å². The van der Waals surface area contributed by atoms with Gasteiger partial charge in [-0.15, -0.1) is 0 Å². The molecule has 1 heterocycles. The zero-order chi connectivity index (χ0) is 21.3. The van der Waals surface area contributed by atoms with Crippen LogP contribution in [-0.2, 0) is 13.0 Å². The maximum atomic E-state index is 9.38. The fraction of sp³-hybridized carbons (Fsp3) is 0.348. The molecule has 30 heavy (non-hydrogen) atoms. The molecule has 4 N–H and O–H groups in total. The molecule has 0 radical (unpaired) electrons. The Balaban J connectivity index is 1.55. The van der Waals surface area contributed by atoms with Crippen LogP contribution in [0.4, 0.5) is 0 Å². The van der Waals surface area contributed by atoms with E-state index in [2.05, 4.69) is 26.7 Å². The number of H-pyrrole nitrogens is 1. The summed E-state index contributed by atoms with van der Waals surface area (Å²) in [7, 11) is 3.33. The van der Waals surface area contributed by atoms with Gasteiger partial charge in [-0.2, -0.15) is 0 Å². The van der Waals surface area contributed by atoms with Crippen molar-refractivity contribution in [3.63, 3.8) is 0 Å². The maximum Gasteiger partial charge on any atom is 0.191 e. The third-order valence-electron chi connectivity index (χ3n) is 4.80. The molecule has 1 aromatic heterocycles. The molecule has 3 aromatic rings. The van der Waals surface area contributed by atoms with Gasteiger partial charge in [-0.05, 0) is 43.5 Å². The monoisotopic (exact) mass is 410 g/mol. The average Bonchev–Trinajstić information content (AvgIpc) is 3.18. The topological polar surface area (TPSA) is 90.9 Å². The zero-order valence-electron chi connectivity index (χ0n) is 17.8. The first kappa shape index (κ1) is 21.4. The number of fused-ring (bicyclic) bond motifs is 1. The number of nitrogens with zero attached hydrogens (tertiary/aromatic N) is 1. The normalized spacial score (nSPS) is 11.5. The minimum absolute atomic E-state index is 0.265. The number of nitrogens with one attached hydrogen (secondary N) is 3. The van der Waals surface area contributed by atoms with Gasteiger partial charge in [0.05, 0.1) is 26.3 Å². The molecule has 0 amide bonds. The van der Waals surface area contributed by atoms with Crippen LogP contribution in [0.5, 0.6) is 17.2 Å². The van der Waals surface area contributed by atoms with E-state index in [9.17, 15) is 5.11 Å². The summed E-state index contributed by atoms with van der Waals surface area (Å²) in [6.07, 6.45) is 1.86. The number of phenols is 1. The highest BCUT2D eigenvalue weighted by Gasteiger charge is 2.09. The number of ether oxygens (including phenoxy) is 2. The van der Waals surface area contributed by atoms with Crippen molar-refractivity contribution in [1.29, 1.82) is 0 Å². The summed E-state index contributed by atoms with van der Waals surface area (Å²) in [5.74, 6) is 2.63. The molecule has 0 fully saturated rings. The molecule has 7 heteroatoms. The average molecular weight is 411 g/mol. The highest BCUT2D eigenvalue weighted by atomic mass is 16.5. The van der Waals surface area contributed by atoms with Crippen molar-refractivity contribution in [2.45, 2.75) is 26.3 Å². The Hall–Kier alpha value is -3.35. The van der Waals surface area contributed by atoms with Crippen LogP contribution in [0.3, 0.4) is 0 Å². The Labute approximate surface area is 177 Å². The number of hydrogen-bond acceptors (Lipinski definition) is 4. The first-order valence-corrected chi connectivity index (χ1v) is 10.2. The standard InChI is InChI=1S/C23H30N4O3/c1-4-24-23(26-15-16-7-9-18(28)10-8-16)25-11-5-6-17-12-20-21(27-17)13-19(29-2)14-22(20)30-3/h7-10,12-14,27-28H,4-6,11,15H2,1-3H3,(H2,24,25,26). The second kappa shape index (κ2) is 10.4. The van der Waals surface area contributed by atoms with Crippen LogP contribution in [0.1, 0.15) is 24.6 Å². The van der Waals surface area contributed by atoms with Gasteiger partial charge >= 0.3 is 0 Å². The van der Waals surface area contributed by atoms with Crippen LogP contribution in [-0.4, -0.2) is 43.4 Å². The number of aryl methyl sites for hydroxylation is 1. The molecule has 3 rings (SSSR count). The molecule has 7 nitrogen and oxygen atoms in total. The SMILES string of the molecule is CCNC(=NCc1ccc(O)cc1)NCCCc1cc2c(OC)cc(OC)cc2[nH]1. The van der Waals surface area contributed by atoms with Gasteiger partial charge in [0.15, 0.2) is 5.96 Å². The summed E-state index contributed by atoms with van der Waals surface area (Å²) in [6.45, 7) is 4.20. The summed E-state index contributed by atoms with van der Waals surface area (Å²) in [5.41, 5.74) is 3.22. The summed E-state index contributed by atoms with van der Waals surface area (Å²) >= 11 is 0. The lowest BCUT2D eigenvalue weighted by Crippen LogP contribution is -2.37. The van der Waals surface area contributed by atoms with E-state index in [1.165, 1.54) is 0 Å². The van der Waals surface area contributed by atoms with E-state index in [-0.39, 0.29) is 5.75 Å². The second-order valence-corrected chi connectivity index (χ2v) is 6.98. The lowest BCUT2D eigenvalue weighted by Gasteiger charge is -2.11. The molecule has 0 spiro atoms. The third kappa shape index (κ3) is 5.59. The van der Waals surface area contributed by atoms with E-state index >= 15 is 0 Å². The van der Waals surface area contributed by atoms with Gasteiger partial charge in [-0.3, -0.25) is 0 Å². The van der Waals surface area contributed by atoms with Gasteiger partial charge in [0.25, 0.3) is 0 Å². The van der Waals surface area contributed by atoms with Gasteiger partial charge < -0.3 is 30.2 Å². The molecule has 0 unspecified atom stereocenters. The molecule has 0 atom stereocenters. The highest BCUT2D eigenvalue weighted by Crippen LogP contribution is 2.31. The minimum Gasteiger partial charge on any atom is -0.508 e. The molecule has 0 aliphatic carbocycles. The Bertz CT molecular complexity index is 980. The Kier molecular flexibility index (Phi) is 7.43. The van der Waals surface area contributed by atoms with Crippen molar-refractivity contribution in [3.05, 3.63) is 53.7 Å². The minimum atomic E-state index is 0.265. The molecular formula is C23H30N4O3. The lowest BCUT2D eigenvalue weighted by atomic mass is 10.2. The van der Waals surface area contributed by atoms with Crippen LogP contribution >= 0.6 is 0 Å². The predicted octanol–water partition coefficient (Wildman–Crippen LogP) is 3.58. The van der Waals surface area contributed by atoms with Crippen molar-refractivity contribution < 1.29 is 14.6 Å². The fourth-order valence-electron chi connectivity index (χ4n) is 3.26. The number of hydrogen-bond donors (Lipinski definition) is 4. The molecule has 0 aliphatic rings. The number of guanidine groups is 1. The quantitative estimate of drug-likeness (QED) is 0.246. The number of methoxy groups -OCH3 is 2. The number of phenolic OH excluding ortho intramolecular Hbond substituents is 1. The first-order valence-electron chi connectivity index (χ1n) is 10.2. The molecule has 0 bridgehead atoms. The number of aromatic hydroxyl groups is 1. The highest BCUT2D eigenvalue weighted by molar-refractivity contribution is 5.88. The van der Waals surface area contributed by atoms with Crippen molar-refractivity contribution in [1.82, 2.24) is 15.6 Å². The number of aromatic amines is 1. The van der Waals surface area contributed by atoms with Crippen LogP contribution in [0.25, 0.3) is 10.9 Å². The molecule has 160 valence electrons. The number of rotatable bonds is 9. The zero-order valence-corrected chi connectivity index (χ0v) is 17.8. The van der Waals surface area contributed by atoms with E-state index in [4.69, 9.17) is 9.47 Å². The van der Waals surface area contributed by atoms with Gasteiger partial charge in [-0.1, -0.05) is 12.1 Å². The summed E-state index contributed by atoms with van der Waals surface area (Å²) in [4.78, 5) is 8.06. The summed E-state index contributed by atoms with van der Waals surface area (Å²) in [6, 6.07) is 13.1. The van der Waals surface area contributed by atoms with Crippen molar-refractivity contribution in [2.75, 3.05) is 27.3 Å². The van der Waals surface area contributed by atoms with E-state index < -0.39 is 0 Å². The fourth-order valence-corrected chi connectivity index (χ4v) is 3.26. The van der Waals surface area contributed by atoms with Crippen LogP contribution in [0.2, 0.25) is 0 Å². The second-order valence-electron chi connectivity index (χ2n) is 6.98. The Morgan fingerprint density at radius 3 is 2.57 bits per heavy atom. The Morgan fingerprint density at radius 1 is 1.07 bits per heavy atom. The van der Waals surface area contributed by atoms with Gasteiger partial charge in [0, 0.05) is 36.3 Å². The first-order chi connectivity index (χ1) is 14.6. The summed E-state index contributed by atoms with van der Waals surface area (Å²) < 4.78 is 10.8. The van der Waals surface area contributed by atoms with Gasteiger partial charge in [0.1, 0.15) is 17.2 Å². The molecular weight excluding hydrogens is 380 g/mol. The smallest absolute Gasteiger partial charge is 0.191 e. The lowest BCUT2D eigenvalue weighted by molar-refractivity contribution is 0.398. The summed E-state index contributed by atoms with van der Waals surface area (Å²) in [5, 5.41) is 17.1. The predicted molar refractivity (Wildman–Crippen MR) is 121 cm³/mol. The van der Waals surface area contributed by atoms with Crippen molar-refractivity contribution in [3.8, 4) is 17.2 Å². The largest absolute Gasteiger partial charge is 0.508 e. The number of benzene rings is 2. The van der Waals surface area contributed by atoms with Crippen molar-refractivity contribution in [2.24, 2.45) is 4.99 Å². The van der Waals surface area contributed by atoms with E-state index in [1.54, 1.807) is 26.4 Å². The number of aromatic nitrogens is 1. The van der Waals surface area contributed by atoms with Crippen molar-refractivity contribution >= 4 is 16.9 Å². The Morgan fingerprint density at radius 2 is 1.87 bits per heavy atom. The van der Waals surface area contributed by atoms with Crippen LogP contribution in [0.15, 0.2) is 47.5 Å². The van der Waals surface area contributed by atoms with Gasteiger partial charge in [-0.25, -0.2) is 4.99 Å².